The number of unbranched alkanes of at least 4 members (excludes halogenated alkanes) is 40. The quantitative estimate of drug-likeness (QED) is 0.0299. The van der Waals surface area contributed by atoms with Crippen molar-refractivity contribution in [1.82, 2.24) is 0 Å². The second-order valence-electron chi connectivity index (χ2n) is 21.7. The zero-order chi connectivity index (χ0) is 53.3. The van der Waals surface area contributed by atoms with Crippen molar-refractivity contribution in [3.63, 3.8) is 0 Å². The van der Waals surface area contributed by atoms with Crippen LogP contribution in [-0.2, 0) is 42.9 Å². The number of ether oxygens (including phenoxy) is 5. The molecule has 3 N–H and O–H groups in total. The number of aliphatic hydroxyl groups is 2. The van der Waals surface area contributed by atoms with Crippen LogP contribution in [-0.4, -0.2) is 89.2 Å². The summed E-state index contributed by atoms with van der Waals surface area (Å²) in [6, 6.07) is 0. The van der Waals surface area contributed by atoms with Gasteiger partial charge < -0.3 is 39.0 Å². The van der Waals surface area contributed by atoms with E-state index in [1.807, 2.05) is 0 Å². The van der Waals surface area contributed by atoms with E-state index in [0.29, 0.717) is 19.3 Å². The normalized spacial score (nSPS) is 18.2. The molecule has 430 valence electrons. The lowest BCUT2D eigenvalue weighted by Gasteiger charge is -2.40. The first-order valence-electron chi connectivity index (χ1n) is 31.0. The standard InChI is InChI=1S/C61H114O12/c1-4-7-10-13-16-19-22-25-26-27-28-31-32-35-38-41-44-47-53(62)69-50-52(71-54(63)48-45-42-39-36-33-29-23-20-17-14-11-8-5-2)51-70-61-59(57(66)56(65)58(73-61)60(67)68)72-55(64)49-46-43-40-37-34-30-24-21-18-15-12-9-6-3/h52,56-59,61,65-66H,4-51H2,1-3H3,(H,67,68). The zero-order valence-corrected chi connectivity index (χ0v) is 47.4. The summed E-state index contributed by atoms with van der Waals surface area (Å²) < 4.78 is 28.5. The van der Waals surface area contributed by atoms with Crippen molar-refractivity contribution < 1.29 is 58.2 Å². The van der Waals surface area contributed by atoms with Gasteiger partial charge in [-0.05, 0) is 19.3 Å². The van der Waals surface area contributed by atoms with Crippen LogP contribution in [0.25, 0.3) is 0 Å². The molecule has 0 saturated carbocycles. The molecule has 0 radical (unpaired) electrons. The van der Waals surface area contributed by atoms with Gasteiger partial charge in [-0.3, -0.25) is 14.4 Å². The van der Waals surface area contributed by atoms with E-state index in [0.717, 1.165) is 57.8 Å². The molecule has 0 aromatic carbocycles. The summed E-state index contributed by atoms with van der Waals surface area (Å²) in [7, 11) is 0. The second-order valence-corrected chi connectivity index (χ2v) is 21.7. The van der Waals surface area contributed by atoms with Crippen LogP contribution in [0, 0.1) is 0 Å². The number of aliphatic hydroxyl groups excluding tert-OH is 2. The lowest BCUT2D eigenvalue weighted by atomic mass is 9.98. The second kappa shape index (κ2) is 50.5. The predicted molar refractivity (Wildman–Crippen MR) is 294 cm³/mol. The van der Waals surface area contributed by atoms with Gasteiger partial charge in [0.05, 0.1) is 6.61 Å². The Morgan fingerprint density at radius 2 is 0.699 bits per heavy atom. The predicted octanol–water partition coefficient (Wildman–Crippen LogP) is 15.9. The van der Waals surface area contributed by atoms with Crippen LogP contribution in [0.5, 0.6) is 0 Å². The van der Waals surface area contributed by atoms with Gasteiger partial charge in [0.1, 0.15) is 18.8 Å². The highest BCUT2D eigenvalue weighted by Crippen LogP contribution is 2.27. The van der Waals surface area contributed by atoms with Crippen LogP contribution in [0.3, 0.4) is 0 Å². The highest BCUT2D eigenvalue weighted by Gasteiger charge is 2.50. The molecule has 1 rings (SSSR count). The Hall–Kier alpha value is -2.28. The SMILES string of the molecule is CCCCCCCCCCCCCCCCCCCC(=O)OCC(COC1OC(C(=O)O)C(O)C(O)C1OC(=O)CCCCCCCCCCCCCCC)OC(=O)CCCCCCCCCCCCCCC. The molecule has 0 bridgehead atoms. The van der Waals surface area contributed by atoms with Gasteiger partial charge in [-0.2, -0.15) is 0 Å². The number of carboxylic acids is 1. The molecule has 0 aromatic rings. The molecule has 0 spiro atoms. The Bertz CT molecular complexity index is 1280. The summed E-state index contributed by atoms with van der Waals surface area (Å²) >= 11 is 0. The average Bonchev–Trinajstić information content (AvgIpc) is 3.37. The molecule has 0 aliphatic carbocycles. The number of hydrogen-bond acceptors (Lipinski definition) is 11. The molecular weight excluding hydrogens is 925 g/mol. The van der Waals surface area contributed by atoms with Gasteiger partial charge in [-0.1, -0.05) is 278 Å². The van der Waals surface area contributed by atoms with Crippen LogP contribution in [0.4, 0.5) is 0 Å². The number of esters is 3. The average molecular weight is 1040 g/mol. The maximum atomic E-state index is 13.1. The number of carbonyl (C=O) groups is 4. The molecule has 12 nitrogen and oxygen atoms in total. The minimum atomic E-state index is -1.89. The third-order valence-electron chi connectivity index (χ3n) is 14.7. The van der Waals surface area contributed by atoms with Gasteiger partial charge in [-0.25, -0.2) is 4.79 Å². The maximum absolute atomic E-state index is 13.1. The Kier molecular flexibility index (Phi) is 47.6. The Labute approximate surface area is 446 Å². The van der Waals surface area contributed by atoms with E-state index in [1.165, 1.54) is 199 Å². The Morgan fingerprint density at radius 1 is 0.397 bits per heavy atom. The fourth-order valence-electron chi connectivity index (χ4n) is 9.90. The summed E-state index contributed by atoms with van der Waals surface area (Å²) in [6.45, 7) is 6.04. The van der Waals surface area contributed by atoms with Crippen molar-refractivity contribution in [3.8, 4) is 0 Å². The molecule has 6 atom stereocenters. The number of aliphatic carboxylic acids is 1. The van der Waals surface area contributed by atoms with E-state index in [9.17, 15) is 34.5 Å². The molecule has 1 aliphatic rings. The van der Waals surface area contributed by atoms with Gasteiger partial charge >= 0.3 is 23.9 Å². The smallest absolute Gasteiger partial charge is 0.335 e. The monoisotopic (exact) mass is 1040 g/mol. The molecule has 0 amide bonds. The number of rotatable bonds is 54. The van der Waals surface area contributed by atoms with E-state index in [2.05, 4.69) is 20.8 Å². The molecule has 0 aromatic heterocycles. The fraction of sp³-hybridized carbons (Fsp3) is 0.934. The van der Waals surface area contributed by atoms with Crippen molar-refractivity contribution >= 4 is 23.9 Å². The van der Waals surface area contributed by atoms with Gasteiger partial charge in [0.15, 0.2) is 24.6 Å². The van der Waals surface area contributed by atoms with Crippen LogP contribution in [0.1, 0.15) is 316 Å². The van der Waals surface area contributed by atoms with Crippen molar-refractivity contribution in [1.29, 1.82) is 0 Å². The summed E-state index contributed by atoms with van der Waals surface area (Å²) in [5.74, 6) is -3.07. The molecule has 12 heteroatoms. The molecule has 1 fully saturated rings. The van der Waals surface area contributed by atoms with Crippen molar-refractivity contribution in [2.24, 2.45) is 0 Å². The van der Waals surface area contributed by atoms with E-state index in [4.69, 9.17) is 23.7 Å². The molecule has 73 heavy (non-hydrogen) atoms. The van der Waals surface area contributed by atoms with E-state index in [1.54, 1.807) is 0 Å². The largest absolute Gasteiger partial charge is 0.479 e. The minimum absolute atomic E-state index is 0.0704. The first-order chi connectivity index (χ1) is 35.6. The summed E-state index contributed by atoms with van der Waals surface area (Å²) in [5.41, 5.74) is 0. The summed E-state index contributed by atoms with van der Waals surface area (Å²) in [4.78, 5) is 51.1. The topological polar surface area (TPSA) is 175 Å². The van der Waals surface area contributed by atoms with Gasteiger partial charge in [0.25, 0.3) is 0 Å². The van der Waals surface area contributed by atoms with E-state index in [-0.39, 0.29) is 25.9 Å². The minimum Gasteiger partial charge on any atom is -0.479 e. The Balaban J connectivity index is 2.64. The fourth-order valence-corrected chi connectivity index (χ4v) is 9.90. The van der Waals surface area contributed by atoms with Crippen LogP contribution < -0.4 is 0 Å². The third kappa shape index (κ3) is 40.6. The van der Waals surface area contributed by atoms with E-state index >= 15 is 0 Å². The zero-order valence-electron chi connectivity index (χ0n) is 47.4. The number of carboxylic acid groups (broad SMARTS) is 1. The van der Waals surface area contributed by atoms with Crippen molar-refractivity contribution in [3.05, 3.63) is 0 Å². The Morgan fingerprint density at radius 3 is 1.03 bits per heavy atom. The van der Waals surface area contributed by atoms with Gasteiger partial charge in [0, 0.05) is 19.3 Å². The maximum Gasteiger partial charge on any atom is 0.335 e. The molecular formula is C61H114O12. The van der Waals surface area contributed by atoms with Crippen molar-refractivity contribution in [2.45, 2.75) is 353 Å². The van der Waals surface area contributed by atoms with E-state index < -0.39 is 67.3 Å². The number of hydrogen-bond donors (Lipinski definition) is 3. The van der Waals surface area contributed by atoms with Crippen LogP contribution >= 0.6 is 0 Å². The van der Waals surface area contributed by atoms with Crippen LogP contribution in [0.15, 0.2) is 0 Å². The summed E-state index contributed by atoms with van der Waals surface area (Å²) in [6.07, 6.45) is 42.1. The lowest BCUT2D eigenvalue weighted by molar-refractivity contribution is -0.301. The highest BCUT2D eigenvalue weighted by atomic mass is 16.7. The lowest BCUT2D eigenvalue weighted by Crippen LogP contribution is -2.61. The molecule has 1 heterocycles. The molecule has 6 unspecified atom stereocenters. The first kappa shape index (κ1) is 68.7. The highest BCUT2D eigenvalue weighted by molar-refractivity contribution is 5.74. The van der Waals surface area contributed by atoms with Gasteiger partial charge in [0.2, 0.25) is 0 Å². The number of carbonyl (C=O) groups excluding carboxylic acids is 3. The van der Waals surface area contributed by atoms with Gasteiger partial charge in [-0.15, -0.1) is 0 Å². The first-order valence-corrected chi connectivity index (χ1v) is 31.0. The molecule has 1 saturated heterocycles. The van der Waals surface area contributed by atoms with Crippen molar-refractivity contribution in [2.75, 3.05) is 13.2 Å². The third-order valence-corrected chi connectivity index (χ3v) is 14.7. The molecule has 1 aliphatic heterocycles. The van der Waals surface area contributed by atoms with Crippen LogP contribution in [0.2, 0.25) is 0 Å². The summed E-state index contributed by atoms with van der Waals surface area (Å²) in [5, 5.41) is 31.5.